The summed E-state index contributed by atoms with van der Waals surface area (Å²) in [7, 11) is 0. The van der Waals surface area contributed by atoms with E-state index in [1.54, 1.807) is 0 Å². The van der Waals surface area contributed by atoms with E-state index in [2.05, 4.69) is 97.6 Å². The van der Waals surface area contributed by atoms with Crippen molar-refractivity contribution in [3.8, 4) is 0 Å². The van der Waals surface area contributed by atoms with Crippen LogP contribution in [0.4, 0.5) is 5.69 Å². The maximum absolute atomic E-state index is 2.36. The van der Waals surface area contributed by atoms with Gasteiger partial charge in [-0.25, -0.2) is 0 Å². The molecule has 0 unspecified atom stereocenters. The first kappa shape index (κ1) is 15.4. The molecule has 0 heterocycles. The zero-order valence-electron chi connectivity index (χ0n) is 13.9. The molecule has 1 nitrogen and oxygen atoms in total. The fraction of sp³-hybridized carbons (Fsp3) is 0.182. The van der Waals surface area contributed by atoms with E-state index in [0.29, 0.717) is 0 Å². The smallest absolute Gasteiger partial charge is 0.0366 e. The molecular weight excluding hydrogens is 278 g/mol. The molecular formula is C22H23N. The second-order valence-electron chi connectivity index (χ2n) is 5.70. The Morgan fingerprint density at radius 1 is 0.696 bits per heavy atom. The average molecular weight is 301 g/mol. The summed E-state index contributed by atoms with van der Waals surface area (Å²) in [6, 6.07) is 23.8. The van der Waals surface area contributed by atoms with Crippen molar-refractivity contribution in [2.24, 2.45) is 0 Å². The van der Waals surface area contributed by atoms with Gasteiger partial charge in [0, 0.05) is 18.8 Å². The molecule has 0 amide bonds. The normalized spacial score (nSPS) is 11.2. The maximum atomic E-state index is 2.36. The molecule has 0 saturated heterocycles. The van der Waals surface area contributed by atoms with Gasteiger partial charge in [0.05, 0.1) is 0 Å². The van der Waals surface area contributed by atoms with Gasteiger partial charge < -0.3 is 4.90 Å². The molecule has 23 heavy (non-hydrogen) atoms. The summed E-state index contributed by atoms with van der Waals surface area (Å²) in [5.41, 5.74) is 3.75. The van der Waals surface area contributed by atoms with Gasteiger partial charge in [-0.3, -0.25) is 0 Å². The van der Waals surface area contributed by atoms with Crippen molar-refractivity contribution in [3.05, 3.63) is 77.9 Å². The van der Waals surface area contributed by atoms with Gasteiger partial charge >= 0.3 is 0 Å². The van der Waals surface area contributed by atoms with E-state index in [1.807, 2.05) is 0 Å². The van der Waals surface area contributed by atoms with Crippen molar-refractivity contribution in [2.75, 3.05) is 18.0 Å². The van der Waals surface area contributed by atoms with Crippen LogP contribution in [-0.4, -0.2) is 13.1 Å². The van der Waals surface area contributed by atoms with Crippen LogP contribution in [0.3, 0.4) is 0 Å². The summed E-state index contributed by atoms with van der Waals surface area (Å²) in [6.07, 6.45) is 4.36. The Kier molecular flexibility index (Phi) is 4.77. The van der Waals surface area contributed by atoms with Crippen LogP contribution in [0, 0.1) is 0 Å². The lowest BCUT2D eigenvalue weighted by atomic mass is 10.1. The molecule has 3 aromatic rings. The molecule has 0 radical (unpaired) electrons. The molecule has 0 bridgehead atoms. The van der Waals surface area contributed by atoms with Crippen molar-refractivity contribution in [1.29, 1.82) is 0 Å². The van der Waals surface area contributed by atoms with Crippen LogP contribution in [0.15, 0.2) is 66.7 Å². The summed E-state index contributed by atoms with van der Waals surface area (Å²) >= 11 is 0. The third-order valence-corrected chi connectivity index (χ3v) is 4.26. The second-order valence-corrected chi connectivity index (χ2v) is 5.70. The van der Waals surface area contributed by atoms with Crippen molar-refractivity contribution < 1.29 is 0 Å². The van der Waals surface area contributed by atoms with E-state index in [4.69, 9.17) is 0 Å². The fourth-order valence-corrected chi connectivity index (χ4v) is 2.89. The zero-order valence-corrected chi connectivity index (χ0v) is 13.9. The van der Waals surface area contributed by atoms with Crippen LogP contribution >= 0.6 is 0 Å². The average Bonchev–Trinajstić information content (AvgIpc) is 2.62. The van der Waals surface area contributed by atoms with E-state index < -0.39 is 0 Å². The molecule has 0 N–H and O–H groups in total. The highest BCUT2D eigenvalue weighted by Crippen LogP contribution is 2.19. The van der Waals surface area contributed by atoms with Crippen molar-refractivity contribution >= 4 is 28.6 Å². The Bertz CT molecular complexity index is 796. The molecule has 0 aromatic heterocycles. The highest BCUT2D eigenvalue weighted by atomic mass is 15.1. The lowest BCUT2D eigenvalue weighted by Gasteiger charge is -2.20. The van der Waals surface area contributed by atoms with Crippen LogP contribution in [0.25, 0.3) is 22.9 Å². The molecule has 3 rings (SSSR count). The third-order valence-electron chi connectivity index (χ3n) is 4.26. The minimum absolute atomic E-state index is 1.04. The van der Waals surface area contributed by atoms with Gasteiger partial charge in [-0.05, 0) is 53.9 Å². The van der Waals surface area contributed by atoms with Gasteiger partial charge in [0.2, 0.25) is 0 Å². The number of hydrogen-bond donors (Lipinski definition) is 0. The Hall–Kier alpha value is -2.54. The first-order valence-corrected chi connectivity index (χ1v) is 8.32. The minimum atomic E-state index is 1.04. The number of anilines is 1. The van der Waals surface area contributed by atoms with E-state index in [9.17, 15) is 0 Å². The van der Waals surface area contributed by atoms with E-state index in [1.165, 1.54) is 27.6 Å². The first-order chi connectivity index (χ1) is 11.3. The van der Waals surface area contributed by atoms with Gasteiger partial charge in [-0.2, -0.15) is 0 Å². The lowest BCUT2D eigenvalue weighted by Crippen LogP contribution is -2.21. The fourth-order valence-electron chi connectivity index (χ4n) is 2.89. The number of benzene rings is 3. The van der Waals surface area contributed by atoms with Crippen LogP contribution in [-0.2, 0) is 0 Å². The maximum Gasteiger partial charge on any atom is 0.0366 e. The molecule has 0 saturated carbocycles. The Balaban J connectivity index is 1.78. The van der Waals surface area contributed by atoms with Gasteiger partial charge in [0.1, 0.15) is 0 Å². The molecule has 0 aliphatic heterocycles. The highest BCUT2D eigenvalue weighted by molar-refractivity contribution is 5.86. The van der Waals surface area contributed by atoms with E-state index in [-0.39, 0.29) is 0 Å². The number of nitrogens with zero attached hydrogens (tertiary/aromatic N) is 1. The molecule has 0 fully saturated rings. The summed E-state index contributed by atoms with van der Waals surface area (Å²) < 4.78 is 0. The molecule has 0 aliphatic rings. The van der Waals surface area contributed by atoms with Gasteiger partial charge in [-0.1, -0.05) is 60.7 Å². The monoisotopic (exact) mass is 301 g/mol. The Labute approximate surface area is 138 Å². The molecule has 0 aliphatic carbocycles. The van der Waals surface area contributed by atoms with Crippen LogP contribution < -0.4 is 4.90 Å². The van der Waals surface area contributed by atoms with Crippen molar-refractivity contribution in [2.45, 2.75) is 13.8 Å². The predicted molar refractivity (Wildman–Crippen MR) is 103 cm³/mol. The van der Waals surface area contributed by atoms with E-state index >= 15 is 0 Å². The molecule has 3 aromatic carbocycles. The SMILES string of the molecule is CCN(CC)c1ccc(/C=C/c2ccc3ccccc3c2)cc1. The van der Waals surface area contributed by atoms with Gasteiger partial charge in [0.15, 0.2) is 0 Å². The summed E-state index contributed by atoms with van der Waals surface area (Å²) in [5, 5.41) is 2.57. The van der Waals surface area contributed by atoms with E-state index in [0.717, 1.165) is 13.1 Å². The second kappa shape index (κ2) is 7.15. The minimum Gasteiger partial charge on any atom is -0.372 e. The number of hydrogen-bond acceptors (Lipinski definition) is 1. The summed E-state index contributed by atoms with van der Waals surface area (Å²) in [4.78, 5) is 2.36. The third kappa shape index (κ3) is 3.62. The number of rotatable bonds is 5. The van der Waals surface area contributed by atoms with Crippen molar-refractivity contribution in [1.82, 2.24) is 0 Å². The van der Waals surface area contributed by atoms with Gasteiger partial charge in [-0.15, -0.1) is 0 Å². The Morgan fingerprint density at radius 2 is 1.30 bits per heavy atom. The van der Waals surface area contributed by atoms with Crippen molar-refractivity contribution in [3.63, 3.8) is 0 Å². The zero-order chi connectivity index (χ0) is 16.1. The predicted octanol–water partition coefficient (Wildman–Crippen LogP) is 5.86. The largest absolute Gasteiger partial charge is 0.372 e. The van der Waals surface area contributed by atoms with Crippen LogP contribution in [0.5, 0.6) is 0 Å². The lowest BCUT2D eigenvalue weighted by molar-refractivity contribution is 0.866. The Morgan fingerprint density at radius 3 is 2.00 bits per heavy atom. The molecule has 0 spiro atoms. The quantitative estimate of drug-likeness (QED) is 0.534. The molecule has 116 valence electrons. The van der Waals surface area contributed by atoms with Crippen LogP contribution in [0.1, 0.15) is 25.0 Å². The summed E-state index contributed by atoms with van der Waals surface area (Å²) in [5.74, 6) is 0. The van der Waals surface area contributed by atoms with Gasteiger partial charge in [0.25, 0.3) is 0 Å². The highest BCUT2D eigenvalue weighted by Gasteiger charge is 2.00. The van der Waals surface area contributed by atoms with Crippen LogP contribution in [0.2, 0.25) is 0 Å². The topological polar surface area (TPSA) is 3.24 Å². The number of fused-ring (bicyclic) bond motifs is 1. The standard InChI is InChI=1S/C22H23N/c1-3-23(4-2)22-15-12-18(13-16-22)9-10-19-11-14-20-7-5-6-8-21(20)17-19/h5-17H,3-4H2,1-2H3/b10-9+. The summed E-state index contributed by atoms with van der Waals surface area (Å²) in [6.45, 7) is 6.47. The molecule has 1 heteroatoms. The molecule has 0 atom stereocenters. The first-order valence-electron chi connectivity index (χ1n) is 8.32.